The smallest absolute Gasteiger partial charge is 0.407 e. The van der Waals surface area contributed by atoms with Gasteiger partial charge in [-0.05, 0) is 46.9 Å². The maximum Gasteiger partial charge on any atom is 0.407 e. The molecule has 7 nitrogen and oxygen atoms in total. The fourth-order valence-electron chi connectivity index (χ4n) is 4.26. The van der Waals surface area contributed by atoms with E-state index in [4.69, 9.17) is 9.84 Å². The highest BCUT2D eigenvalue weighted by atomic mass is 16.5. The fraction of sp³-hybridized carbons (Fsp3) is 0.222. The van der Waals surface area contributed by atoms with Crippen molar-refractivity contribution in [2.75, 3.05) is 6.61 Å². The van der Waals surface area contributed by atoms with Gasteiger partial charge in [0.2, 0.25) is 5.91 Å². The van der Waals surface area contributed by atoms with Crippen molar-refractivity contribution in [1.82, 2.24) is 10.6 Å². The third-order valence-corrected chi connectivity index (χ3v) is 5.86. The number of nitrogens with one attached hydrogen (secondary N) is 2. The molecule has 0 fully saturated rings. The van der Waals surface area contributed by atoms with Crippen molar-refractivity contribution in [3.05, 3.63) is 95.1 Å². The van der Waals surface area contributed by atoms with Crippen molar-refractivity contribution < 1.29 is 24.2 Å². The predicted octanol–water partition coefficient (Wildman–Crippen LogP) is 4.32. The first-order valence-electron chi connectivity index (χ1n) is 11.1. The third-order valence-electron chi connectivity index (χ3n) is 5.86. The highest BCUT2D eigenvalue weighted by Gasteiger charge is 2.29. The molecular weight excluding hydrogens is 432 g/mol. The molecular formula is C27H26N2O5. The van der Waals surface area contributed by atoms with Crippen LogP contribution in [0.5, 0.6) is 0 Å². The van der Waals surface area contributed by atoms with Crippen molar-refractivity contribution in [2.24, 2.45) is 0 Å². The molecule has 4 rings (SSSR count). The maximum atomic E-state index is 12.4. The molecule has 0 aromatic heterocycles. The molecule has 0 saturated heterocycles. The van der Waals surface area contributed by atoms with Crippen LogP contribution in [0, 0.1) is 0 Å². The SMILES string of the molecule is CC(CC(=O)NCc1cccc(C(=O)O)c1)NC(=O)OCC1c2ccccc2-c2ccccc21. The van der Waals surface area contributed by atoms with Crippen molar-refractivity contribution in [3.8, 4) is 11.1 Å². The number of benzene rings is 3. The van der Waals surface area contributed by atoms with E-state index >= 15 is 0 Å². The summed E-state index contributed by atoms with van der Waals surface area (Å²) in [6, 6.07) is 22.2. The molecule has 2 amide bonds. The molecule has 3 N–H and O–H groups in total. The van der Waals surface area contributed by atoms with Crippen molar-refractivity contribution >= 4 is 18.0 Å². The Balaban J connectivity index is 1.26. The Morgan fingerprint density at radius 1 is 0.941 bits per heavy atom. The molecule has 0 heterocycles. The summed E-state index contributed by atoms with van der Waals surface area (Å²) in [5.74, 6) is -1.31. The summed E-state index contributed by atoms with van der Waals surface area (Å²) in [6.07, 6.45) is -0.501. The van der Waals surface area contributed by atoms with E-state index in [1.807, 2.05) is 24.3 Å². The van der Waals surface area contributed by atoms with Gasteiger partial charge < -0.3 is 20.5 Å². The molecule has 174 valence electrons. The maximum absolute atomic E-state index is 12.4. The molecule has 0 bridgehead atoms. The van der Waals surface area contributed by atoms with E-state index in [1.54, 1.807) is 19.1 Å². The number of ether oxygens (including phenoxy) is 1. The van der Waals surface area contributed by atoms with Crippen LogP contribution in [0.2, 0.25) is 0 Å². The lowest BCUT2D eigenvalue weighted by Crippen LogP contribution is -2.38. The normalized spacial score (nSPS) is 12.9. The Morgan fingerprint density at radius 3 is 2.24 bits per heavy atom. The quantitative estimate of drug-likeness (QED) is 0.466. The number of carbonyl (C=O) groups is 3. The Morgan fingerprint density at radius 2 is 1.59 bits per heavy atom. The van der Waals surface area contributed by atoms with Gasteiger partial charge in [0.05, 0.1) is 5.56 Å². The number of hydrogen-bond acceptors (Lipinski definition) is 4. The van der Waals surface area contributed by atoms with E-state index in [-0.39, 0.29) is 37.0 Å². The van der Waals surface area contributed by atoms with Crippen molar-refractivity contribution in [3.63, 3.8) is 0 Å². The van der Waals surface area contributed by atoms with Crippen LogP contribution in [0.3, 0.4) is 0 Å². The van der Waals surface area contributed by atoms with Gasteiger partial charge in [0.15, 0.2) is 0 Å². The molecule has 3 aromatic carbocycles. The molecule has 0 radical (unpaired) electrons. The summed E-state index contributed by atoms with van der Waals surface area (Å²) >= 11 is 0. The Kier molecular flexibility index (Phi) is 6.92. The van der Waals surface area contributed by atoms with Gasteiger partial charge in [-0.15, -0.1) is 0 Å². The molecule has 3 aromatic rings. The first kappa shape index (κ1) is 23.0. The largest absolute Gasteiger partial charge is 0.478 e. The minimum Gasteiger partial charge on any atom is -0.478 e. The van der Waals surface area contributed by atoms with Gasteiger partial charge in [-0.25, -0.2) is 9.59 Å². The Labute approximate surface area is 197 Å². The van der Waals surface area contributed by atoms with Crippen LogP contribution >= 0.6 is 0 Å². The third kappa shape index (κ3) is 5.26. The lowest BCUT2D eigenvalue weighted by Gasteiger charge is -2.17. The van der Waals surface area contributed by atoms with Crippen LogP contribution in [0.1, 0.15) is 46.3 Å². The number of hydrogen-bond donors (Lipinski definition) is 3. The van der Waals surface area contributed by atoms with Gasteiger partial charge in [-0.1, -0.05) is 60.7 Å². The number of alkyl carbamates (subject to hydrolysis) is 1. The number of carboxylic acids is 1. The van der Waals surface area contributed by atoms with Crippen molar-refractivity contribution in [1.29, 1.82) is 0 Å². The van der Waals surface area contributed by atoms with Crippen LogP contribution in [0.25, 0.3) is 11.1 Å². The second-order valence-electron chi connectivity index (χ2n) is 8.36. The van der Waals surface area contributed by atoms with Gasteiger partial charge >= 0.3 is 12.1 Å². The molecule has 34 heavy (non-hydrogen) atoms. The summed E-state index contributed by atoms with van der Waals surface area (Å²) in [5, 5.41) is 14.5. The number of carboxylic acid groups (broad SMARTS) is 1. The van der Waals surface area contributed by atoms with Gasteiger partial charge in [-0.3, -0.25) is 4.79 Å². The van der Waals surface area contributed by atoms with Crippen LogP contribution in [-0.2, 0) is 16.1 Å². The summed E-state index contributed by atoms with van der Waals surface area (Å²) in [6.45, 7) is 2.14. The first-order chi connectivity index (χ1) is 16.4. The molecule has 1 atom stereocenters. The predicted molar refractivity (Wildman–Crippen MR) is 128 cm³/mol. The second kappa shape index (κ2) is 10.2. The van der Waals surface area contributed by atoms with Gasteiger partial charge in [0.1, 0.15) is 6.61 Å². The molecule has 0 spiro atoms. The summed E-state index contributed by atoms with van der Waals surface area (Å²) in [7, 11) is 0. The lowest BCUT2D eigenvalue weighted by molar-refractivity contribution is -0.121. The lowest BCUT2D eigenvalue weighted by atomic mass is 9.98. The Bertz CT molecular complexity index is 1180. The molecule has 0 aliphatic heterocycles. The monoisotopic (exact) mass is 458 g/mol. The molecule has 7 heteroatoms. The van der Waals surface area contributed by atoms with Gasteiger partial charge in [0.25, 0.3) is 0 Å². The van der Waals surface area contributed by atoms with Crippen LogP contribution in [-0.4, -0.2) is 35.7 Å². The molecule has 0 saturated carbocycles. The van der Waals surface area contributed by atoms with E-state index in [9.17, 15) is 14.4 Å². The van der Waals surface area contributed by atoms with Crippen LogP contribution in [0.4, 0.5) is 4.79 Å². The average molecular weight is 459 g/mol. The molecule has 1 aliphatic carbocycles. The van der Waals surface area contributed by atoms with Gasteiger partial charge in [-0.2, -0.15) is 0 Å². The van der Waals surface area contributed by atoms with E-state index < -0.39 is 18.1 Å². The number of rotatable bonds is 8. The molecule has 1 unspecified atom stereocenters. The van der Waals surface area contributed by atoms with Gasteiger partial charge in [0, 0.05) is 24.9 Å². The Hall–Kier alpha value is -4.13. The number of amides is 2. The number of carbonyl (C=O) groups excluding carboxylic acids is 2. The zero-order valence-corrected chi connectivity index (χ0v) is 18.8. The zero-order chi connectivity index (χ0) is 24.1. The summed E-state index contributed by atoms with van der Waals surface area (Å²) in [5.41, 5.74) is 5.44. The van der Waals surface area contributed by atoms with E-state index in [0.29, 0.717) is 5.56 Å². The van der Waals surface area contributed by atoms with E-state index in [1.165, 1.54) is 12.1 Å². The summed E-state index contributed by atoms with van der Waals surface area (Å²) < 4.78 is 5.52. The standard InChI is InChI=1S/C27H26N2O5/c1-17(13-25(30)28-15-18-7-6-8-19(14-18)26(31)32)29-27(33)34-16-24-22-11-4-2-9-20(22)21-10-3-5-12-23(21)24/h2-12,14,17,24H,13,15-16H2,1H3,(H,28,30)(H,29,33)(H,31,32). The van der Waals surface area contributed by atoms with E-state index in [2.05, 4.69) is 34.9 Å². The van der Waals surface area contributed by atoms with E-state index in [0.717, 1.165) is 22.3 Å². The fourth-order valence-corrected chi connectivity index (χ4v) is 4.26. The first-order valence-corrected chi connectivity index (χ1v) is 11.1. The minimum absolute atomic E-state index is 0.0293. The minimum atomic E-state index is -1.02. The topological polar surface area (TPSA) is 105 Å². The average Bonchev–Trinajstić information content (AvgIpc) is 3.15. The van der Waals surface area contributed by atoms with Crippen LogP contribution < -0.4 is 10.6 Å². The highest BCUT2D eigenvalue weighted by molar-refractivity contribution is 5.87. The number of fused-ring (bicyclic) bond motifs is 3. The second-order valence-corrected chi connectivity index (χ2v) is 8.36. The molecule has 1 aliphatic rings. The highest BCUT2D eigenvalue weighted by Crippen LogP contribution is 2.44. The zero-order valence-electron chi connectivity index (χ0n) is 18.8. The van der Waals surface area contributed by atoms with Crippen LogP contribution in [0.15, 0.2) is 72.8 Å². The van der Waals surface area contributed by atoms with Crippen molar-refractivity contribution in [2.45, 2.75) is 31.8 Å². The summed E-state index contributed by atoms with van der Waals surface area (Å²) in [4.78, 5) is 35.7. The number of aromatic carboxylic acids is 1.